The minimum absolute atomic E-state index is 0.356. The van der Waals surface area contributed by atoms with E-state index in [4.69, 9.17) is 0 Å². The van der Waals surface area contributed by atoms with Gasteiger partial charge >= 0.3 is 0 Å². The van der Waals surface area contributed by atoms with Crippen molar-refractivity contribution in [3.8, 4) is 0 Å². The van der Waals surface area contributed by atoms with E-state index in [-0.39, 0.29) is 6.10 Å². The van der Waals surface area contributed by atoms with Gasteiger partial charge in [0, 0.05) is 17.5 Å². The van der Waals surface area contributed by atoms with E-state index in [2.05, 4.69) is 18.8 Å². The fraction of sp³-hybridized carbons (Fsp3) is 0.667. The number of hydrogen-bond donors (Lipinski definition) is 1. The van der Waals surface area contributed by atoms with Crippen LogP contribution in [0.3, 0.4) is 0 Å². The van der Waals surface area contributed by atoms with Crippen molar-refractivity contribution in [1.82, 2.24) is 4.98 Å². The van der Waals surface area contributed by atoms with Gasteiger partial charge in [-0.05, 0) is 25.3 Å². The average molecular weight is 235 g/mol. The molecular weight excluding hydrogens is 210 g/mol. The molecule has 0 bridgehead atoms. The molecule has 2 unspecified atom stereocenters. The second-order valence-corrected chi connectivity index (χ2v) is 4.85. The van der Waals surface area contributed by atoms with Crippen LogP contribution in [0.25, 0.3) is 0 Å². The number of aliphatic hydroxyl groups excluding tert-OH is 1. The van der Waals surface area contributed by atoms with Crippen molar-refractivity contribution < 1.29 is 5.11 Å². The van der Waals surface area contributed by atoms with Gasteiger partial charge in [0.2, 0.25) is 0 Å². The third-order valence-electron chi connectivity index (χ3n) is 3.51. The topological polar surface area (TPSA) is 33.1 Å². The Morgan fingerprint density at radius 1 is 1.35 bits per heavy atom. The number of nitrogens with zero attached hydrogens (tertiary/aromatic N) is 1. The number of unbranched alkanes of at least 4 members (excludes halogenated alkanes) is 1. The molecule has 0 aliphatic carbocycles. The summed E-state index contributed by atoms with van der Waals surface area (Å²) in [5, 5.41) is 10.3. The molecule has 0 aromatic carbocycles. The predicted octanol–water partition coefficient (Wildman–Crippen LogP) is 4.03. The number of rotatable bonds is 7. The van der Waals surface area contributed by atoms with Crippen LogP contribution in [-0.2, 0) is 0 Å². The standard InChI is InChI=1S/C15H25NO/c1-4-6-8-13(5-2)11-15(17)14-9-7-10-16-12(14)3/h7,9-10,13,15,17H,4-6,8,11H2,1-3H3. The zero-order chi connectivity index (χ0) is 12.7. The summed E-state index contributed by atoms with van der Waals surface area (Å²) < 4.78 is 0. The Balaban J connectivity index is 2.58. The third-order valence-corrected chi connectivity index (χ3v) is 3.51. The monoisotopic (exact) mass is 235 g/mol. The summed E-state index contributed by atoms with van der Waals surface area (Å²) in [7, 11) is 0. The summed E-state index contributed by atoms with van der Waals surface area (Å²) >= 11 is 0. The molecule has 0 saturated carbocycles. The van der Waals surface area contributed by atoms with Crippen LogP contribution in [0.15, 0.2) is 18.3 Å². The number of pyridine rings is 1. The minimum Gasteiger partial charge on any atom is -0.388 e. The lowest BCUT2D eigenvalue weighted by Crippen LogP contribution is -2.08. The van der Waals surface area contributed by atoms with Crippen molar-refractivity contribution in [2.75, 3.05) is 0 Å². The first-order valence-corrected chi connectivity index (χ1v) is 6.78. The van der Waals surface area contributed by atoms with Crippen LogP contribution < -0.4 is 0 Å². The number of aromatic nitrogens is 1. The van der Waals surface area contributed by atoms with Crippen molar-refractivity contribution in [2.45, 2.75) is 59.0 Å². The predicted molar refractivity (Wildman–Crippen MR) is 71.9 cm³/mol. The Morgan fingerprint density at radius 3 is 2.71 bits per heavy atom. The van der Waals surface area contributed by atoms with Gasteiger partial charge in [0.05, 0.1) is 6.10 Å². The van der Waals surface area contributed by atoms with E-state index in [0.717, 1.165) is 24.1 Å². The largest absolute Gasteiger partial charge is 0.388 e. The smallest absolute Gasteiger partial charge is 0.0810 e. The van der Waals surface area contributed by atoms with E-state index in [0.29, 0.717) is 5.92 Å². The molecule has 1 aromatic heterocycles. The van der Waals surface area contributed by atoms with Crippen molar-refractivity contribution in [2.24, 2.45) is 5.92 Å². The summed E-state index contributed by atoms with van der Waals surface area (Å²) in [5.74, 6) is 0.629. The molecule has 0 radical (unpaired) electrons. The molecule has 0 amide bonds. The molecule has 1 N–H and O–H groups in total. The highest BCUT2D eigenvalue weighted by Crippen LogP contribution is 2.27. The van der Waals surface area contributed by atoms with Crippen molar-refractivity contribution in [1.29, 1.82) is 0 Å². The van der Waals surface area contributed by atoms with Gasteiger partial charge in [0.25, 0.3) is 0 Å². The van der Waals surface area contributed by atoms with Gasteiger partial charge in [-0.1, -0.05) is 45.6 Å². The van der Waals surface area contributed by atoms with E-state index in [9.17, 15) is 5.11 Å². The van der Waals surface area contributed by atoms with Crippen LogP contribution >= 0.6 is 0 Å². The van der Waals surface area contributed by atoms with E-state index >= 15 is 0 Å². The minimum atomic E-state index is -0.356. The third kappa shape index (κ3) is 4.47. The molecule has 1 rings (SSSR count). The number of aryl methyl sites for hydroxylation is 1. The van der Waals surface area contributed by atoms with Crippen molar-refractivity contribution >= 4 is 0 Å². The van der Waals surface area contributed by atoms with E-state index < -0.39 is 0 Å². The van der Waals surface area contributed by atoms with E-state index in [1.807, 2.05) is 19.1 Å². The van der Waals surface area contributed by atoms with Crippen LogP contribution in [0.2, 0.25) is 0 Å². The van der Waals surface area contributed by atoms with Crippen molar-refractivity contribution in [3.63, 3.8) is 0 Å². The maximum atomic E-state index is 10.3. The molecule has 2 heteroatoms. The van der Waals surface area contributed by atoms with E-state index in [1.54, 1.807) is 6.20 Å². The molecule has 2 nitrogen and oxygen atoms in total. The Labute approximate surface area is 105 Å². The van der Waals surface area contributed by atoms with Crippen LogP contribution in [0.4, 0.5) is 0 Å². The molecule has 17 heavy (non-hydrogen) atoms. The van der Waals surface area contributed by atoms with Gasteiger partial charge in [0.1, 0.15) is 0 Å². The lowest BCUT2D eigenvalue weighted by Gasteiger charge is -2.19. The quantitative estimate of drug-likeness (QED) is 0.774. The molecule has 2 atom stereocenters. The molecule has 0 fully saturated rings. The maximum absolute atomic E-state index is 10.3. The summed E-state index contributed by atoms with van der Waals surface area (Å²) in [6.07, 6.45) is 7.16. The summed E-state index contributed by atoms with van der Waals surface area (Å²) in [4.78, 5) is 4.24. The molecule has 0 spiro atoms. The van der Waals surface area contributed by atoms with Gasteiger partial charge in [-0.25, -0.2) is 0 Å². The van der Waals surface area contributed by atoms with Crippen molar-refractivity contribution in [3.05, 3.63) is 29.6 Å². The zero-order valence-corrected chi connectivity index (χ0v) is 11.3. The molecule has 1 aromatic rings. The van der Waals surface area contributed by atoms with Gasteiger partial charge in [-0.3, -0.25) is 4.98 Å². The SMILES string of the molecule is CCCCC(CC)CC(O)c1cccnc1C. The first-order chi connectivity index (χ1) is 8.19. The molecular formula is C15H25NO. The molecule has 0 saturated heterocycles. The van der Waals surface area contributed by atoms with Crippen LogP contribution in [0, 0.1) is 12.8 Å². The second kappa shape index (κ2) is 7.44. The Kier molecular flexibility index (Phi) is 6.20. The first-order valence-electron chi connectivity index (χ1n) is 6.78. The highest BCUT2D eigenvalue weighted by molar-refractivity contribution is 5.20. The van der Waals surface area contributed by atoms with Crippen LogP contribution in [0.1, 0.15) is 63.3 Å². The van der Waals surface area contributed by atoms with E-state index in [1.165, 1.54) is 19.3 Å². The Morgan fingerprint density at radius 2 is 2.12 bits per heavy atom. The number of hydrogen-bond acceptors (Lipinski definition) is 2. The Bertz CT molecular complexity index is 324. The van der Waals surface area contributed by atoms with Crippen LogP contribution in [0.5, 0.6) is 0 Å². The highest BCUT2D eigenvalue weighted by atomic mass is 16.3. The fourth-order valence-corrected chi connectivity index (χ4v) is 2.27. The molecule has 0 aliphatic heterocycles. The first kappa shape index (κ1) is 14.2. The van der Waals surface area contributed by atoms with Gasteiger partial charge in [-0.15, -0.1) is 0 Å². The Hall–Kier alpha value is -0.890. The molecule has 0 aliphatic rings. The van der Waals surface area contributed by atoms with Gasteiger partial charge < -0.3 is 5.11 Å². The highest BCUT2D eigenvalue weighted by Gasteiger charge is 2.16. The normalized spacial score (nSPS) is 14.6. The second-order valence-electron chi connectivity index (χ2n) is 4.85. The maximum Gasteiger partial charge on any atom is 0.0810 e. The van der Waals surface area contributed by atoms with Gasteiger partial charge in [-0.2, -0.15) is 0 Å². The summed E-state index contributed by atoms with van der Waals surface area (Å²) in [6, 6.07) is 3.89. The molecule has 96 valence electrons. The zero-order valence-electron chi connectivity index (χ0n) is 11.3. The lowest BCUT2D eigenvalue weighted by atomic mass is 9.90. The van der Waals surface area contributed by atoms with Gasteiger partial charge in [0.15, 0.2) is 0 Å². The summed E-state index contributed by atoms with van der Waals surface area (Å²) in [5.41, 5.74) is 1.94. The lowest BCUT2D eigenvalue weighted by molar-refractivity contribution is 0.138. The summed E-state index contributed by atoms with van der Waals surface area (Å²) in [6.45, 7) is 6.39. The van der Waals surface area contributed by atoms with Crippen LogP contribution in [-0.4, -0.2) is 10.1 Å². The fourth-order valence-electron chi connectivity index (χ4n) is 2.27. The average Bonchev–Trinajstić information content (AvgIpc) is 2.34. The molecule has 1 heterocycles. The number of aliphatic hydroxyl groups is 1.